The molecule has 0 fully saturated rings. The first-order valence-electron chi connectivity index (χ1n) is 5.81. The maximum absolute atomic E-state index is 12.4. The zero-order valence-electron chi connectivity index (χ0n) is 9.45. The van der Waals surface area contributed by atoms with Gasteiger partial charge in [0.25, 0.3) is 0 Å². The molecule has 18 heavy (non-hydrogen) atoms. The number of nitrogens with one attached hydrogen (secondary N) is 1. The predicted molar refractivity (Wildman–Crippen MR) is 78.9 cm³/mol. The van der Waals surface area contributed by atoms with Crippen molar-refractivity contribution in [3.8, 4) is 0 Å². The van der Waals surface area contributed by atoms with E-state index in [9.17, 15) is 4.79 Å². The van der Waals surface area contributed by atoms with Crippen LogP contribution in [-0.2, 0) is 12.8 Å². The van der Waals surface area contributed by atoms with Crippen LogP contribution in [-0.4, -0.2) is 4.98 Å². The molecule has 0 saturated heterocycles. The molecule has 0 unspecified atom stereocenters. The summed E-state index contributed by atoms with van der Waals surface area (Å²) in [5, 5.41) is 1.46. The number of hydrogen-bond donors (Lipinski definition) is 1. The number of aromatic amines is 1. The first-order chi connectivity index (χ1) is 8.59. The van der Waals surface area contributed by atoms with Crippen LogP contribution in [0.5, 0.6) is 0 Å². The Labute approximate surface area is 122 Å². The van der Waals surface area contributed by atoms with Crippen molar-refractivity contribution in [1.29, 1.82) is 0 Å². The van der Waals surface area contributed by atoms with Crippen molar-refractivity contribution >= 4 is 50.0 Å². The number of H-pyrrole nitrogens is 1. The highest BCUT2D eigenvalue weighted by Crippen LogP contribution is 2.36. The molecule has 1 aromatic heterocycles. The van der Waals surface area contributed by atoms with E-state index in [1.165, 1.54) is 0 Å². The van der Waals surface area contributed by atoms with Crippen LogP contribution in [0.4, 0.5) is 0 Å². The molecule has 1 aliphatic carbocycles. The van der Waals surface area contributed by atoms with Crippen molar-refractivity contribution in [3.63, 3.8) is 0 Å². The van der Waals surface area contributed by atoms with Crippen LogP contribution in [0, 0.1) is 0 Å². The fourth-order valence-electron chi connectivity index (χ4n) is 2.50. The summed E-state index contributed by atoms with van der Waals surface area (Å²) in [6.07, 6.45) is 3.93. The van der Waals surface area contributed by atoms with Gasteiger partial charge in [-0.3, -0.25) is 4.79 Å². The Balaban J connectivity index is 2.46. The lowest BCUT2D eigenvalue weighted by atomic mass is 9.94. The fourth-order valence-corrected chi connectivity index (χ4v) is 3.44. The Kier molecular flexibility index (Phi) is 3.16. The van der Waals surface area contributed by atoms with Crippen LogP contribution in [0.15, 0.2) is 15.3 Å². The molecule has 0 radical (unpaired) electrons. The molecule has 0 spiro atoms. The topological polar surface area (TPSA) is 32.9 Å². The fraction of sp³-hybridized carbons (Fsp3) is 0.308. The van der Waals surface area contributed by atoms with Gasteiger partial charge in [0.05, 0.1) is 15.6 Å². The summed E-state index contributed by atoms with van der Waals surface area (Å²) in [6, 6.07) is 1.75. The molecule has 3 rings (SSSR count). The third-order valence-electron chi connectivity index (χ3n) is 3.42. The van der Waals surface area contributed by atoms with Crippen molar-refractivity contribution in [2.75, 3.05) is 0 Å². The van der Waals surface area contributed by atoms with Gasteiger partial charge in [0, 0.05) is 21.1 Å². The van der Waals surface area contributed by atoms with Gasteiger partial charge in [-0.05, 0) is 47.7 Å². The molecule has 2 nitrogen and oxygen atoms in total. The van der Waals surface area contributed by atoms with Crippen LogP contribution in [0.1, 0.15) is 24.1 Å². The summed E-state index contributed by atoms with van der Waals surface area (Å²) in [4.78, 5) is 15.7. The van der Waals surface area contributed by atoms with Gasteiger partial charge in [0.1, 0.15) is 0 Å². The van der Waals surface area contributed by atoms with Crippen LogP contribution in [0.2, 0.25) is 10.0 Å². The van der Waals surface area contributed by atoms with Gasteiger partial charge in [-0.2, -0.15) is 0 Å². The zero-order chi connectivity index (χ0) is 12.9. The summed E-state index contributed by atoms with van der Waals surface area (Å²) in [6.45, 7) is 0. The second kappa shape index (κ2) is 4.55. The number of halogens is 3. The SMILES string of the molecule is O=c1c2c([nH]c3c(Cl)c(Cl)c(Br)cc13)CCCC2. The minimum Gasteiger partial charge on any atom is -0.357 e. The first kappa shape index (κ1) is 12.5. The van der Waals surface area contributed by atoms with Crippen molar-refractivity contribution in [2.24, 2.45) is 0 Å². The van der Waals surface area contributed by atoms with Gasteiger partial charge in [0.15, 0.2) is 5.43 Å². The van der Waals surface area contributed by atoms with Gasteiger partial charge in [0.2, 0.25) is 0 Å². The molecule has 1 heterocycles. The van der Waals surface area contributed by atoms with E-state index < -0.39 is 0 Å². The summed E-state index contributed by atoms with van der Waals surface area (Å²) in [5.41, 5.74) is 2.64. The Morgan fingerprint density at radius 1 is 1.17 bits per heavy atom. The molecule has 5 heteroatoms. The van der Waals surface area contributed by atoms with Crippen molar-refractivity contribution in [3.05, 3.63) is 42.1 Å². The average Bonchev–Trinajstić information content (AvgIpc) is 2.38. The van der Waals surface area contributed by atoms with Gasteiger partial charge < -0.3 is 4.98 Å². The van der Waals surface area contributed by atoms with Crippen LogP contribution >= 0.6 is 39.1 Å². The molecule has 1 aliphatic rings. The van der Waals surface area contributed by atoms with E-state index in [-0.39, 0.29) is 5.43 Å². The van der Waals surface area contributed by atoms with Crippen molar-refractivity contribution < 1.29 is 0 Å². The number of fused-ring (bicyclic) bond motifs is 2. The highest BCUT2D eigenvalue weighted by atomic mass is 79.9. The number of benzene rings is 1. The maximum atomic E-state index is 12.4. The van der Waals surface area contributed by atoms with Gasteiger partial charge in [-0.25, -0.2) is 0 Å². The highest BCUT2D eigenvalue weighted by molar-refractivity contribution is 9.10. The predicted octanol–water partition coefficient (Wildman–Crippen LogP) is 4.48. The number of aryl methyl sites for hydroxylation is 1. The minimum atomic E-state index is 0.0812. The Morgan fingerprint density at radius 3 is 2.67 bits per heavy atom. The van der Waals surface area contributed by atoms with E-state index in [0.717, 1.165) is 36.9 Å². The minimum absolute atomic E-state index is 0.0812. The van der Waals surface area contributed by atoms with E-state index in [1.807, 2.05) is 0 Å². The van der Waals surface area contributed by atoms with Gasteiger partial charge in [-0.15, -0.1) is 0 Å². The molecule has 0 atom stereocenters. The molecule has 1 aromatic carbocycles. The average molecular weight is 347 g/mol. The van der Waals surface area contributed by atoms with E-state index in [2.05, 4.69) is 20.9 Å². The summed E-state index contributed by atoms with van der Waals surface area (Å²) in [5.74, 6) is 0. The smallest absolute Gasteiger partial charge is 0.192 e. The Bertz CT molecular complexity index is 708. The van der Waals surface area contributed by atoms with Crippen molar-refractivity contribution in [1.82, 2.24) is 4.98 Å². The summed E-state index contributed by atoms with van der Waals surface area (Å²) in [7, 11) is 0. The Hall–Kier alpha value is -0.510. The molecular formula is C13H10BrCl2NO. The molecule has 0 saturated carbocycles. The second-order valence-electron chi connectivity index (χ2n) is 4.53. The third-order valence-corrected chi connectivity index (χ3v) is 5.15. The van der Waals surface area contributed by atoms with Crippen molar-refractivity contribution in [2.45, 2.75) is 25.7 Å². The maximum Gasteiger partial charge on any atom is 0.192 e. The molecule has 2 aromatic rings. The Morgan fingerprint density at radius 2 is 1.89 bits per heavy atom. The summed E-state index contributed by atoms with van der Waals surface area (Å²) < 4.78 is 0.655. The quantitative estimate of drug-likeness (QED) is 0.701. The standard InChI is InChI=1S/C13H10BrCl2NO/c14-8-5-7-12(11(16)10(8)15)17-9-4-2-1-3-6(9)13(7)18/h5H,1-4H2,(H,17,18). The lowest BCUT2D eigenvalue weighted by Gasteiger charge is -2.17. The van der Waals surface area contributed by atoms with Gasteiger partial charge >= 0.3 is 0 Å². The van der Waals surface area contributed by atoms with Crippen LogP contribution < -0.4 is 5.43 Å². The zero-order valence-corrected chi connectivity index (χ0v) is 12.5. The lowest BCUT2D eigenvalue weighted by Crippen LogP contribution is -2.18. The number of pyridine rings is 1. The summed E-state index contributed by atoms with van der Waals surface area (Å²) >= 11 is 15.6. The number of aromatic nitrogens is 1. The van der Waals surface area contributed by atoms with Gasteiger partial charge in [-0.1, -0.05) is 23.2 Å². The highest BCUT2D eigenvalue weighted by Gasteiger charge is 2.18. The molecule has 0 aliphatic heterocycles. The lowest BCUT2D eigenvalue weighted by molar-refractivity contribution is 0.667. The molecule has 0 amide bonds. The van der Waals surface area contributed by atoms with E-state index in [1.54, 1.807) is 6.07 Å². The van der Waals surface area contributed by atoms with Crippen LogP contribution in [0.3, 0.4) is 0 Å². The molecule has 94 valence electrons. The molecule has 0 bridgehead atoms. The van der Waals surface area contributed by atoms with E-state index in [4.69, 9.17) is 23.2 Å². The monoisotopic (exact) mass is 345 g/mol. The van der Waals surface area contributed by atoms with E-state index >= 15 is 0 Å². The molecular weight excluding hydrogens is 337 g/mol. The third kappa shape index (κ3) is 1.80. The van der Waals surface area contributed by atoms with Crippen LogP contribution in [0.25, 0.3) is 10.9 Å². The second-order valence-corrected chi connectivity index (χ2v) is 6.14. The first-order valence-corrected chi connectivity index (χ1v) is 7.35. The van der Waals surface area contributed by atoms with E-state index in [0.29, 0.717) is 25.4 Å². The largest absolute Gasteiger partial charge is 0.357 e. The number of rotatable bonds is 0. The molecule has 1 N–H and O–H groups in total. The normalized spacial score (nSPS) is 14.8. The number of hydrogen-bond acceptors (Lipinski definition) is 1.